The van der Waals surface area contributed by atoms with Crippen LogP contribution in [0.3, 0.4) is 0 Å². The minimum atomic E-state index is 0.556. The summed E-state index contributed by atoms with van der Waals surface area (Å²) in [5.74, 6) is 2.65. The molecule has 0 saturated heterocycles. The Kier molecular flexibility index (Phi) is 5.43. The number of aromatic nitrogens is 2. The third-order valence-electron chi connectivity index (χ3n) is 2.63. The normalized spacial score (nSPS) is 11.0. The predicted molar refractivity (Wildman–Crippen MR) is 88.7 cm³/mol. The van der Waals surface area contributed by atoms with Crippen molar-refractivity contribution >= 4 is 33.5 Å². The standard InChI is InChI=1S/C15H18BrN3S/c1-10(2)6-12-8-14(17)19-15(18-12)9-20-13-5-3-4-11(16)7-13/h3-5,7-8,10H,6,9H2,1-2H3,(H2,17,18,19). The van der Waals surface area contributed by atoms with E-state index in [4.69, 9.17) is 5.73 Å². The molecule has 106 valence electrons. The molecule has 0 radical (unpaired) electrons. The molecule has 0 aliphatic rings. The molecule has 0 saturated carbocycles. The third-order valence-corrected chi connectivity index (χ3v) is 4.11. The minimum Gasteiger partial charge on any atom is -0.384 e. The molecule has 0 atom stereocenters. The fourth-order valence-electron chi connectivity index (χ4n) is 1.87. The van der Waals surface area contributed by atoms with E-state index in [0.717, 1.165) is 28.2 Å². The first-order valence-corrected chi connectivity index (χ1v) is 8.31. The summed E-state index contributed by atoms with van der Waals surface area (Å²) in [6.07, 6.45) is 0.932. The molecule has 2 rings (SSSR count). The summed E-state index contributed by atoms with van der Waals surface area (Å²) in [6, 6.07) is 10.1. The summed E-state index contributed by atoms with van der Waals surface area (Å²) in [4.78, 5) is 10.1. The monoisotopic (exact) mass is 351 g/mol. The van der Waals surface area contributed by atoms with Crippen LogP contribution in [0.25, 0.3) is 0 Å². The second-order valence-corrected chi connectivity index (χ2v) is 7.01. The van der Waals surface area contributed by atoms with Crippen LogP contribution in [0.2, 0.25) is 0 Å². The zero-order valence-electron chi connectivity index (χ0n) is 11.6. The van der Waals surface area contributed by atoms with Gasteiger partial charge in [0.05, 0.1) is 5.75 Å². The van der Waals surface area contributed by atoms with Crippen molar-refractivity contribution in [3.05, 3.63) is 46.3 Å². The Balaban J connectivity index is 2.07. The number of hydrogen-bond donors (Lipinski definition) is 1. The van der Waals surface area contributed by atoms with Crippen molar-refractivity contribution in [2.24, 2.45) is 5.92 Å². The van der Waals surface area contributed by atoms with Gasteiger partial charge in [-0.2, -0.15) is 0 Å². The third kappa shape index (κ3) is 4.80. The van der Waals surface area contributed by atoms with Gasteiger partial charge in [0.15, 0.2) is 0 Å². The highest BCUT2D eigenvalue weighted by atomic mass is 79.9. The lowest BCUT2D eigenvalue weighted by Crippen LogP contribution is -2.05. The molecule has 0 unspecified atom stereocenters. The van der Waals surface area contributed by atoms with Crippen molar-refractivity contribution in [3.63, 3.8) is 0 Å². The summed E-state index contributed by atoms with van der Waals surface area (Å²) in [5, 5.41) is 0. The largest absolute Gasteiger partial charge is 0.384 e. The summed E-state index contributed by atoms with van der Waals surface area (Å²) in [5.41, 5.74) is 6.89. The second-order valence-electron chi connectivity index (χ2n) is 5.04. The molecule has 0 aliphatic heterocycles. The predicted octanol–water partition coefficient (Wildman–Crippen LogP) is 4.31. The first-order valence-electron chi connectivity index (χ1n) is 6.53. The number of nitrogens with zero attached hydrogens (tertiary/aromatic N) is 2. The zero-order valence-corrected chi connectivity index (χ0v) is 14.0. The van der Waals surface area contributed by atoms with Crippen LogP contribution in [0.4, 0.5) is 5.82 Å². The molecule has 1 heterocycles. The van der Waals surface area contributed by atoms with Crippen molar-refractivity contribution in [2.75, 3.05) is 5.73 Å². The lowest BCUT2D eigenvalue weighted by atomic mass is 10.1. The maximum Gasteiger partial charge on any atom is 0.141 e. The number of nitrogens with two attached hydrogens (primary N) is 1. The Hall–Kier alpha value is -1.07. The van der Waals surface area contributed by atoms with Crippen molar-refractivity contribution in [1.82, 2.24) is 9.97 Å². The molecule has 0 amide bonds. The molecule has 0 fully saturated rings. The maximum atomic E-state index is 5.86. The van der Waals surface area contributed by atoms with Gasteiger partial charge in [-0.3, -0.25) is 0 Å². The van der Waals surface area contributed by atoms with Crippen molar-refractivity contribution in [1.29, 1.82) is 0 Å². The average molecular weight is 352 g/mol. The van der Waals surface area contributed by atoms with Crippen LogP contribution in [-0.4, -0.2) is 9.97 Å². The van der Waals surface area contributed by atoms with Gasteiger partial charge >= 0.3 is 0 Å². The molecular formula is C15H18BrN3S. The van der Waals surface area contributed by atoms with Gasteiger partial charge in [0.1, 0.15) is 11.6 Å². The molecule has 2 N–H and O–H groups in total. The van der Waals surface area contributed by atoms with Crippen LogP contribution < -0.4 is 5.73 Å². The van der Waals surface area contributed by atoms with E-state index >= 15 is 0 Å². The lowest BCUT2D eigenvalue weighted by molar-refractivity contribution is 0.632. The Labute approximate surface area is 132 Å². The van der Waals surface area contributed by atoms with Gasteiger partial charge < -0.3 is 5.73 Å². The highest BCUT2D eigenvalue weighted by Crippen LogP contribution is 2.24. The number of rotatable bonds is 5. The fourth-order valence-corrected chi connectivity index (χ4v) is 3.23. The quantitative estimate of drug-likeness (QED) is 0.815. The molecule has 5 heteroatoms. The Morgan fingerprint density at radius 3 is 2.75 bits per heavy atom. The van der Waals surface area contributed by atoms with Crippen LogP contribution in [0, 0.1) is 5.92 Å². The van der Waals surface area contributed by atoms with Gasteiger partial charge in [-0.05, 0) is 30.5 Å². The maximum absolute atomic E-state index is 5.86. The first kappa shape index (κ1) is 15.3. The van der Waals surface area contributed by atoms with E-state index in [-0.39, 0.29) is 0 Å². The Morgan fingerprint density at radius 2 is 2.05 bits per heavy atom. The van der Waals surface area contributed by atoms with E-state index < -0.39 is 0 Å². The Bertz CT molecular complexity index is 587. The molecule has 1 aromatic heterocycles. The topological polar surface area (TPSA) is 51.8 Å². The van der Waals surface area contributed by atoms with Crippen LogP contribution in [0.15, 0.2) is 39.7 Å². The second kappa shape index (κ2) is 7.09. The van der Waals surface area contributed by atoms with Gasteiger partial charge in [-0.25, -0.2) is 9.97 Å². The molecule has 2 aromatic rings. The van der Waals surface area contributed by atoms with Crippen LogP contribution in [-0.2, 0) is 12.2 Å². The van der Waals surface area contributed by atoms with E-state index in [9.17, 15) is 0 Å². The minimum absolute atomic E-state index is 0.556. The number of halogens is 1. The Morgan fingerprint density at radius 1 is 1.25 bits per heavy atom. The van der Waals surface area contributed by atoms with Gasteiger partial charge in [-0.1, -0.05) is 35.8 Å². The molecule has 1 aromatic carbocycles. The number of anilines is 1. The molecule has 20 heavy (non-hydrogen) atoms. The van der Waals surface area contributed by atoms with Crippen molar-refractivity contribution in [3.8, 4) is 0 Å². The summed E-state index contributed by atoms with van der Waals surface area (Å²) < 4.78 is 1.08. The van der Waals surface area contributed by atoms with Crippen LogP contribution >= 0.6 is 27.7 Å². The molecule has 0 spiro atoms. The number of benzene rings is 1. The van der Waals surface area contributed by atoms with E-state index in [0.29, 0.717) is 11.7 Å². The summed E-state index contributed by atoms with van der Waals surface area (Å²) in [6.45, 7) is 4.35. The summed E-state index contributed by atoms with van der Waals surface area (Å²) >= 11 is 5.19. The highest BCUT2D eigenvalue weighted by molar-refractivity contribution is 9.10. The first-order chi connectivity index (χ1) is 9.52. The van der Waals surface area contributed by atoms with Gasteiger partial charge in [-0.15, -0.1) is 11.8 Å². The molecule has 0 bridgehead atoms. The van der Waals surface area contributed by atoms with Gasteiger partial charge in [0.25, 0.3) is 0 Å². The SMILES string of the molecule is CC(C)Cc1cc(N)nc(CSc2cccc(Br)c2)n1. The van der Waals surface area contributed by atoms with E-state index in [2.05, 4.69) is 51.9 Å². The van der Waals surface area contributed by atoms with E-state index in [1.165, 1.54) is 4.90 Å². The molecular weight excluding hydrogens is 334 g/mol. The smallest absolute Gasteiger partial charge is 0.141 e. The molecule has 0 aliphatic carbocycles. The number of thioether (sulfide) groups is 1. The van der Waals surface area contributed by atoms with E-state index in [1.807, 2.05) is 18.2 Å². The summed E-state index contributed by atoms with van der Waals surface area (Å²) in [7, 11) is 0. The fraction of sp³-hybridized carbons (Fsp3) is 0.333. The van der Waals surface area contributed by atoms with Crippen LogP contribution in [0.1, 0.15) is 25.4 Å². The highest BCUT2D eigenvalue weighted by Gasteiger charge is 2.06. The number of nitrogen functional groups attached to an aromatic ring is 1. The lowest BCUT2D eigenvalue weighted by Gasteiger charge is -2.08. The van der Waals surface area contributed by atoms with Crippen LogP contribution in [0.5, 0.6) is 0 Å². The van der Waals surface area contributed by atoms with E-state index in [1.54, 1.807) is 11.8 Å². The van der Waals surface area contributed by atoms with Gasteiger partial charge in [0, 0.05) is 21.1 Å². The zero-order chi connectivity index (χ0) is 14.5. The van der Waals surface area contributed by atoms with Crippen molar-refractivity contribution < 1.29 is 0 Å². The molecule has 3 nitrogen and oxygen atoms in total. The average Bonchev–Trinajstić information content (AvgIpc) is 2.35. The number of hydrogen-bond acceptors (Lipinski definition) is 4. The van der Waals surface area contributed by atoms with Gasteiger partial charge in [0.2, 0.25) is 0 Å². The van der Waals surface area contributed by atoms with Crippen molar-refractivity contribution in [2.45, 2.75) is 30.9 Å².